The van der Waals surface area contributed by atoms with Crippen LogP contribution in [0.15, 0.2) is 36.4 Å². The molecule has 6 heteroatoms. The number of thiophene rings is 1. The van der Waals surface area contributed by atoms with Crippen molar-refractivity contribution in [3.63, 3.8) is 0 Å². The molecule has 2 saturated heterocycles. The highest BCUT2D eigenvalue weighted by Crippen LogP contribution is 2.29. The van der Waals surface area contributed by atoms with Crippen molar-refractivity contribution in [2.24, 2.45) is 0 Å². The molecule has 0 radical (unpaired) electrons. The van der Waals surface area contributed by atoms with E-state index in [9.17, 15) is 4.79 Å². The number of carbonyl (C=O) groups excluding carboxylic acids is 1. The molecule has 2 aliphatic rings. The number of fused-ring (bicyclic) bond motifs is 1. The summed E-state index contributed by atoms with van der Waals surface area (Å²) in [5.74, 6) is 1.14. The van der Waals surface area contributed by atoms with Crippen LogP contribution >= 0.6 is 11.3 Å². The molecule has 0 atom stereocenters. The number of amides is 1. The predicted octanol–water partition coefficient (Wildman–Crippen LogP) is 5.55. The Hall–Kier alpha value is -2.44. The van der Waals surface area contributed by atoms with Crippen molar-refractivity contribution in [3.8, 4) is 0 Å². The van der Waals surface area contributed by atoms with E-state index < -0.39 is 0 Å². The molecule has 3 aromatic rings. The van der Waals surface area contributed by atoms with Crippen LogP contribution in [-0.2, 0) is 11.2 Å². The maximum Gasteiger partial charge on any atom is 0.224 e. The molecule has 0 saturated carbocycles. The maximum atomic E-state index is 12.5. The molecular formula is C27H34N4OS. The summed E-state index contributed by atoms with van der Waals surface area (Å²) in [6.07, 6.45) is 6.48. The van der Waals surface area contributed by atoms with E-state index in [1.807, 2.05) is 12.1 Å². The van der Waals surface area contributed by atoms with Crippen LogP contribution < -0.4 is 10.2 Å². The van der Waals surface area contributed by atoms with Gasteiger partial charge in [-0.05, 0) is 101 Å². The van der Waals surface area contributed by atoms with E-state index in [2.05, 4.69) is 53.2 Å². The minimum Gasteiger partial charge on any atom is -0.356 e. The smallest absolute Gasteiger partial charge is 0.224 e. The van der Waals surface area contributed by atoms with Gasteiger partial charge in [-0.15, -0.1) is 11.3 Å². The van der Waals surface area contributed by atoms with Crippen LogP contribution in [0.2, 0.25) is 0 Å². The van der Waals surface area contributed by atoms with Gasteiger partial charge in [0.2, 0.25) is 5.91 Å². The molecule has 4 heterocycles. The Morgan fingerprint density at radius 2 is 1.85 bits per heavy atom. The van der Waals surface area contributed by atoms with Crippen molar-refractivity contribution in [3.05, 3.63) is 51.7 Å². The first kappa shape index (κ1) is 22.4. The fourth-order valence-corrected chi connectivity index (χ4v) is 6.15. The minimum absolute atomic E-state index is 0.0588. The Morgan fingerprint density at radius 1 is 1.06 bits per heavy atom. The zero-order valence-electron chi connectivity index (χ0n) is 19.8. The fourth-order valence-electron chi connectivity index (χ4n) is 5.26. The number of likely N-dealkylation sites (tertiary alicyclic amines) is 1. The first-order valence-electron chi connectivity index (χ1n) is 12.3. The van der Waals surface area contributed by atoms with Crippen LogP contribution in [0.3, 0.4) is 0 Å². The molecule has 174 valence electrons. The SMILES string of the molecule is Cc1ccc(CCC(=O)Nc2ccc3nc(N4CCC(N5CCCC5)CC4)cc(C)c3c2)s1. The highest BCUT2D eigenvalue weighted by atomic mass is 32.1. The topological polar surface area (TPSA) is 48.5 Å². The highest BCUT2D eigenvalue weighted by Gasteiger charge is 2.27. The van der Waals surface area contributed by atoms with Crippen LogP contribution in [0.5, 0.6) is 0 Å². The quantitative estimate of drug-likeness (QED) is 0.522. The van der Waals surface area contributed by atoms with Crippen molar-refractivity contribution in [2.75, 3.05) is 36.4 Å². The molecule has 5 nitrogen and oxygen atoms in total. The molecule has 5 rings (SSSR count). The van der Waals surface area contributed by atoms with E-state index in [0.29, 0.717) is 6.42 Å². The molecule has 1 aromatic carbocycles. The third kappa shape index (κ3) is 5.22. The average Bonchev–Trinajstić information content (AvgIpc) is 3.50. The number of hydrogen-bond donors (Lipinski definition) is 1. The van der Waals surface area contributed by atoms with Crippen LogP contribution in [0, 0.1) is 13.8 Å². The lowest BCUT2D eigenvalue weighted by molar-refractivity contribution is -0.116. The molecule has 0 aliphatic carbocycles. The van der Waals surface area contributed by atoms with Crippen molar-refractivity contribution < 1.29 is 4.79 Å². The number of anilines is 2. The van der Waals surface area contributed by atoms with E-state index in [1.165, 1.54) is 54.1 Å². The summed E-state index contributed by atoms with van der Waals surface area (Å²) in [5, 5.41) is 4.18. The fraction of sp³-hybridized carbons (Fsp3) is 0.481. The van der Waals surface area contributed by atoms with Crippen LogP contribution in [0.25, 0.3) is 10.9 Å². The van der Waals surface area contributed by atoms with E-state index >= 15 is 0 Å². The standard InChI is InChI=1S/C27H34N4OS/c1-19-17-26(31-15-11-22(12-16-31)30-13-3-4-14-30)29-25-9-6-21(18-24(19)25)28-27(32)10-8-23-7-5-20(2)33-23/h5-7,9,17-18,22H,3-4,8,10-16H2,1-2H3,(H,28,32). The minimum atomic E-state index is 0.0588. The molecule has 0 unspecified atom stereocenters. The monoisotopic (exact) mass is 462 g/mol. The van der Waals surface area contributed by atoms with E-state index in [-0.39, 0.29) is 5.91 Å². The summed E-state index contributed by atoms with van der Waals surface area (Å²) in [6.45, 7) is 8.97. The van der Waals surface area contributed by atoms with Gasteiger partial charge in [0.1, 0.15) is 5.82 Å². The van der Waals surface area contributed by atoms with Crippen molar-refractivity contribution in [1.82, 2.24) is 9.88 Å². The van der Waals surface area contributed by atoms with Crippen LogP contribution in [0.4, 0.5) is 11.5 Å². The molecule has 2 fully saturated rings. The molecule has 33 heavy (non-hydrogen) atoms. The zero-order valence-corrected chi connectivity index (χ0v) is 20.6. The molecular weight excluding hydrogens is 428 g/mol. The van der Waals surface area contributed by atoms with Gasteiger partial charge in [0, 0.05) is 46.4 Å². The summed E-state index contributed by atoms with van der Waals surface area (Å²) < 4.78 is 0. The summed E-state index contributed by atoms with van der Waals surface area (Å²) in [4.78, 5) is 25.1. The second-order valence-corrected chi connectivity index (χ2v) is 10.9. The molecule has 2 aliphatic heterocycles. The van der Waals surface area contributed by atoms with E-state index in [1.54, 1.807) is 11.3 Å². The van der Waals surface area contributed by atoms with Gasteiger partial charge in [-0.3, -0.25) is 4.79 Å². The van der Waals surface area contributed by atoms with E-state index in [4.69, 9.17) is 4.98 Å². The van der Waals surface area contributed by atoms with Gasteiger partial charge < -0.3 is 15.1 Å². The predicted molar refractivity (Wildman–Crippen MR) is 139 cm³/mol. The molecule has 0 bridgehead atoms. The highest BCUT2D eigenvalue weighted by molar-refractivity contribution is 7.11. The van der Waals surface area contributed by atoms with E-state index in [0.717, 1.165) is 48.0 Å². The van der Waals surface area contributed by atoms with Gasteiger partial charge in [0.05, 0.1) is 5.52 Å². The van der Waals surface area contributed by atoms with Gasteiger partial charge in [-0.25, -0.2) is 4.98 Å². The third-order valence-corrected chi connectivity index (χ3v) is 8.19. The number of piperidine rings is 1. The number of aryl methyl sites for hydroxylation is 3. The van der Waals surface area contributed by atoms with Gasteiger partial charge in [0.25, 0.3) is 0 Å². The van der Waals surface area contributed by atoms with Gasteiger partial charge in [0.15, 0.2) is 0 Å². The average molecular weight is 463 g/mol. The number of aromatic nitrogens is 1. The number of carbonyl (C=O) groups is 1. The Balaban J connectivity index is 1.22. The zero-order chi connectivity index (χ0) is 22.8. The normalized spacial score (nSPS) is 17.7. The Kier molecular flexibility index (Phi) is 6.65. The molecule has 0 spiro atoms. The summed E-state index contributed by atoms with van der Waals surface area (Å²) >= 11 is 1.76. The van der Waals surface area contributed by atoms with Crippen molar-refractivity contribution in [1.29, 1.82) is 0 Å². The number of rotatable bonds is 6. The number of pyridine rings is 1. The Bertz CT molecular complexity index is 1130. The Labute approximate surface area is 200 Å². The Morgan fingerprint density at radius 3 is 2.58 bits per heavy atom. The molecule has 2 aromatic heterocycles. The first-order chi connectivity index (χ1) is 16.0. The van der Waals surface area contributed by atoms with Gasteiger partial charge >= 0.3 is 0 Å². The second kappa shape index (κ2) is 9.82. The first-order valence-corrected chi connectivity index (χ1v) is 13.1. The second-order valence-electron chi connectivity index (χ2n) is 9.55. The summed E-state index contributed by atoms with van der Waals surface area (Å²) in [5.41, 5.74) is 3.06. The number of nitrogens with zero attached hydrogens (tertiary/aromatic N) is 3. The largest absolute Gasteiger partial charge is 0.356 e. The summed E-state index contributed by atoms with van der Waals surface area (Å²) in [7, 11) is 0. The van der Waals surface area contributed by atoms with Crippen molar-refractivity contribution >= 4 is 39.7 Å². The van der Waals surface area contributed by atoms with Crippen LogP contribution in [0.1, 0.15) is 47.4 Å². The van der Waals surface area contributed by atoms with Crippen molar-refractivity contribution in [2.45, 2.75) is 58.4 Å². The molecule has 1 amide bonds. The molecule has 1 N–H and O–H groups in total. The summed E-state index contributed by atoms with van der Waals surface area (Å²) in [6, 6.07) is 13.3. The third-order valence-electron chi connectivity index (χ3n) is 7.13. The number of hydrogen-bond acceptors (Lipinski definition) is 5. The maximum absolute atomic E-state index is 12.5. The van der Waals surface area contributed by atoms with Crippen LogP contribution in [-0.4, -0.2) is 48.0 Å². The lowest BCUT2D eigenvalue weighted by atomic mass is 10.0. The number of nitrogens with one attached hydrogen (secondary N) is 1. The number of benzene rings is 1. The lowest BCUT2D eigenvalue weighted by Crippen LogP contribution is -2.44. The van der Waals surface area contributed by atoms with Gasteiger partial charge in [-0.2, -0.15) is 0 Å². The lowest BCUT2D eigenvalue weighted by Gasteiger charge is -2.37. The van der Waals surface area contributed by atoms with Gasteiger partial charge in [-0.1, -0.05) is 0 Å².